The Balaban J connectivity index is 0.00000289. The molecule has 18 heavy (non-hydrogen) atoms. The molecule has 104 valence electrons. The van der Waals surface area contributed by atoms with Crippen molar-refractivity contribution in [1.29, 1.82) is 0 Å². The van der Waals surface area contributed by atoms with Crippen LogP contribution in [-0.4, -0.2) is 30.1 Å². The molecule has 0 saturated carbocycles. The van der Waals surface area contributed by atoms with Gasteiger partial charge in [-0.25, -0.2) is 18.2 Å². The average molecular weight is 360 g/mol. The summed E-state index contributed by atoms with van der Waals surface area (Å²) in [5.41, 5.74) is 5.36. The summed E-state index contributed by atoms with van der Waals surface area (Å²) >= 11 is 0.733. The summed E-state index contributed by atoms with van der Waals surface area (Å²) in [6, 6.07) is -0.750. The van der Waals surface area contributed by atoms with E-state index >= 15 is 0 Å². The van der Waals surface area contributed by atoms with Gasteiger partial charge in [-0.3, -0.25) is 4.79 Å². The van der Waals surface area contributed by atoms with Crippen LogP contribution in [0.4, 0.5) is 0 Å². The highest BCUT2D eigenvalue weighted by atomic mass is 79.9. The smallest absolute Gasteiger partial charge is 0.267 e. The van der Waals surface area contributed by atoms with Crippen LogP contribution in [-0.2, 0) is 21.4 Å². The standard InChI is InChI=1S/C7H13N5O3S2.BrH/c1-3-12-6(10-5(13)4(2)8)16-7(11-12)17(9,14)15;/h4H,3,8H2,1-2H3,(H2,9,14,15);1H/t4-;/m0./s1. The van der Waals surface area contributed by atoms with Gasteiger partial charge in [0.05, 0.1) is 6.04 Å². The van der Waals surface area contributed by atoms with E-state index in [0.29, 0.717) is 6.54 Å². The van der Waals surface area contributed by atoms with E-state index in [1.165, 1.54) is 11.6 Å². The molecule has 1 amide bonds. The zero-order valence-corrected chi connectivity index (χ0v) is 13.1. The van der Waals surface area contributed by atoms with Crippen molar-refractivity contribution in [2.24, 2.45) is 15.9 Å². The zero-order chi connectivity index (χ0) is 13.2. The lowest BCUT2D eigenvalue weighted by molar-refractivity contribution is -0.118. The Kier molecular flexibility index (Phi) is 6.29. The molecule has 0 aliphatic rings. The predicted octanol–water partition coefficient (Wildman–Crippen LogP) is -1.04. The Morgan fingerprint density at radius 3 is 2.56 bits per heavy atom. The highest BCUT2D eigenvalue weighted by Crippen LogP contribution is 2.05. The minimum atomic E-state index is -3.89. The molecule has 1 aromatic heterocycles. The Morgan fingerprint density at radius 2 is 2.17 bits per heavy atom. The normalized spacial score (nSPS) is 14.1. The number of sulfonamides is 1. The molecular formula is C7H14BrN5O3S2. The Hall–Kier alpha value is -0.620. The lowest BCUT2D eigenvalue weighted by Crippen LogP contribution is -2.28. The largest absolute Gasteiger partial charge is 0.320 e. The SMILES string of the molecule is Br.CCn1nc(S(N)(=O)=O)sc1=NC(=O)[C@H](C)N. The van der Waals surface area contributed by atoms with Crippen LogP contribution in [0, 0.1) is 0 Å². The first-order valence-corrected chi connectivity index (χ1v) is 7.07. The summed E-state index contributed by atoms with van der Waals surface area (Å²) in [5.74, 6) is -0.545. The van der Waals surface area contributed by atoms with Crippen molar-refractivity contribution in [1.82, 2.24) is 9.78 Å². The lowest BCUT2D eigenvalue weighted by atomic mass is 10.3. The highest BCUT2D eigenvalue weighted by Gasteiger charge is 2.16. The lowest BCUT2D eigenvalue weighted by Gasteiger charge is -1.96. The molecule has 4 N–H and O–H groups in total. The molecule has 0 aliphatic heterocycles. The molecule has 1 atom stereocenters. The molecule has 0 spiro atoms. The van der Waals surface area contributed by atoms with Gasteiger partial charge in [-0.05, 0) is 13.8 Å². The summed E-state index contributed by atoms with van der Waals surface area (Å²) < 4.78 is 23.2. The minimum absolute atomic E-state index is 0. The second kappa shape index (κ2) is 6.52. The van der Waals surface area contributed by atoms with E-state index in [9.17, 15) is 13.2 Å². The fourth-order valence-corrected chi connectivity index (χ4v) is 2.50. The topological polar surface area (TPSA) is 133 Å². The third-order valence-corrected chi connectivity index (χ3v) is 4.00. The van der Waals surface area contributed by atoms with E-state index in [1.807, 2.05) is 0 Å². The molecule has 0 unspecified atom stereocenters. The maximum atomic E-state index is 11.3. The van der Waals surface area contributed by atoms with E-state index in [2.05, 4.69) is 10.1 Å². The molecule has 0 bridgehead atoms. The van der Waals surface area contributed by atoms with Gasteiger partial charge < -0.3 is 5.73 Å². The van der Waals surface area contributed by atoms with Gasteiger partial charge in [0.1, 0.15) is 0 Å². The van der Waals surface area contributed by atoms with Gasteiger partial charge in [-0.15, -0.1) is 22.1 Å². The first kappa shape index (κ1) is 17.4. The van der Waals surface area contributed by atoms with Gasteiger partial charge in [-0.1, -0.05) is 11.3 Å². The first-order chi connectivity index (χ1) is 7.75. The van der Waals surface area contributed by atoms with Crippen molar-refractivity contribution in [3.63, 3.8) is 0 Å². The summed E-state index contributed by atoms with van der Waals surface area (Å²) in [4.78, 5) is 15.2. The number of aromatic nitrogens is 2. The van der Waals surface area contributed by atoms with Crippen molar-refractivity contribution in [3.8, 4) is 0 Å². The third kappa shape index (κ3) is 4.24. The Labute approximate surface area is 119 Å². The molecular weight excluding hydrogens is 346 g/mol. The third-order valence-electron chi connectivity index (χ3n) is 1.74. The fourth-order valence-electron chi connectivity index (χ4n) is 0.890. The number of nitrogens with two attached hydrogens (primary N) is 2. The van der Waals surface area contributed by atoms with Crippen LogP contribution >= 0.6 is 28.3 Å². The number of primary sulfonamides is 1. The second-order valence-corrected chi connectivity index (χ2v) is 5.94. The number of carbonyl (C=O) groups is 1. The summed E-state index contributed by atoms with van der Waals surface area (Å²) in [6.45, 7) is 3.60. The zero-order valence-electron chi connectivity index (χ0n) is 9.73. The van der Waals surface area contributed by atoms with Crippen LogP contribution in [0.3, 0.4) is 0 Å². The molecule has 1 aromatic rings. The summed E-state index contributed by atoms with van der Waals surface area (Å²) in [5, 5.41) is 8.69. The first-order valence-electron chi connectivity index (χ1n) is 4.70. The van der Waals surface area contributed by atoms with Gasteiger partial charge in [-0.2, -0.15) is 4.99 Å². The molecule has 8 nitrogen and oxygen atoms in total. The molecule has 0 aliphatic carbocycles. The summed E-state index contributed by atoms with van der Waals surface area (Å²) in [6.07, 6.45) is 0. The van der Waals surface area contributed by atoms with Gasteiger partial charge >= 0.3 is 0 Å². The number of rotatable bonds is 3. The van der Waals surface area contributed by atoms with Crippen molar-refractivity contribution in [2.75, 3.05) is 0 Å². The van der Waals surface area contributed by atoms with Crippen molar-refractivity contribution >= 4 is 44.2 Å². The van der Waals surface area contributed by atoms with E-state index in [4.69, 9.17) is 10.9 Å². The van der Waals surface area contributed by atoms with Gasteiger partial charge in [0.2, 0.25) is 9.14 Å². The predicted molar refractivity (Wildman–Crippen MR) is 71.7 cm³/mol. The van der Waals surface area contributed by atoms with Crippen molar-refractivity contribution < 1.29 is 13.2 Å². The Morgan fingerprint density at radius 1 is 1.61 bits per heavy atom. The number of hydrogen-bond acceptors (Lipinski definition) is 6. The number of amides is 1. The van der Waals surface area contributed by atoms with Gasteiger partial charge in [0, 0.05) is 6.54 Å². The Bertz CT molecular complexity index is 588. The molecule has 0 saturated heterocycles. The molecule has 1 rings (SSSR count). The highest BCUT2D eigenvalue weighted by molar-refractivity contribution is 8.93. The van der Waals surface area contributed by atoms with Crippen LogP contribution in [0.2, 0.25) is 0 Å². The molecule has 0 fully saturated rings. The minimum Gasteiger partial charge on any atom is -0.320 e. The maximum Gasteiger partial charge on any atom is 0.267 e. The van der Waals surface area contributed by atoms with Crippen LogP contribution in [0.1, 0.15) is 13.8 Å². The van der Waals surface area contributed by atoms with Crippen LogP contribution < -0.4 is 15.7 Å². The quantitative estimate of drug-likeness (QED) is 0.711. The van der Waals surface area contributed by atoms with Gasteiger partial charge in [0.15, 0.2) is 0 Å². The maximum absolute atomic E-state index is 11.3. The number of nitrogens with zero attached hydrogens (tertiary/aromatic N) is 3. The number of halogens is 1. The summed E-state index contributed by atoms with van der Waals surface area (Å²) in [7, 11) is -3.89. The van der Waals surface area contributed by atoms with Crippen LogP contribution in [0.15, 0.2) is 9.33 Å². The number of hydrogen-bond donors (Lipinski definition) is 2. The fraction of sp³-hybridized carbons (Fsp3) is 0.571. The van der Waals surface area contributed by atoms with Crippen molar-refractivity contribution in [2.45, 2.75) is 30.8 Å². The van der Waals surface area contributed by atoms with Crippen LogP contribution in [0.25, 0.3) is 0 Å². The molecule has 11 heteroatoms. The second-order valence-electron chi connectivity index (χ2n) is 3.25. The number of carbonyl (C=O) groups excluding carboxylic acids is 1. The van der Waals surface area contributed by atoms with E-state index in [-0.39, 0.29) is 26.1 Å². The van der Waals surface area contributed by atoms with E-state index in [0.717, 1.165) is 11.3 Å². The average Bonchev–Trinajstić information content (AvgIpc) is 2.60. The van der Waals surface area contributed by atoms with E-state index < -0.39 is 22.0 Å². The molecule has 1 heterocycles. The van der Waals surface area contributed by atoms with E-state index in [1.54, 1.807) is 6.92 Å². The molecule has 0 radical (unpaired) electrons. The number of aryl methyl sites for hydroxylation is 1. The van der Waals surface area contributed by atoms with Crippen LogP contribution in [0.5, 0.6) is 0 Å². The molecule has 0 aromatic carbocycles. The monoisotopic (exact) mass is 359 g/mol. The van der Waals surface area contributed by atoms with Gasteiger partial charge in [0.25, 0.3) is 15.9 Å². The van der Waals surface area contributed by atoms with Crippen molar-refractivity contribution in [3.05, 3.63) is 4.80 Å².